The van der Waals surface area contributed by atoms with Gasteiger partial charge in [-0.05, 0) is 42.6 Å². The van der Waals surface area contributed by atoms with Crippen molar-refractivity contribution in [2.75, 3.05) is 39.5 Å². The Bertz CT molecular complexity index is 740. The molecule has 0 saturated carbocycles. The molecule has 0 aliphatic carbocycles. The Hall–Kier alpha value is -2.22. The predicted octanol–water partition coefficient (Wildman–Crippen LogP) is 2.52. The van der Waals surface area contributed by atoms with Gasteiger partial charge in [0.05, 0.1) is 19.3 Å². The smallest absolute Gasteiger partial charge is 0.258 e. The summed E-state index contributed by atoms with van der Waals surface area (Å²) in [5.74, 6) is 0.403. The molecule has 27 heavy (non-hydrogen) atoms. The molecule has 0 radical (unpaired) electrons. The van der Waals surface area contributed by atoms with Gasteiger partial charge in [0.1, 0.15) is 5.75 Å². The van der Waals surface area contributed by atoms with Gasteiger partial charge in [0, 0.05) is 30.1 Å². The summed E-state index contributed by atoms with van der Waals surface area (Å²) in [5.41, 5.74) is 0.621. The fourth-order valence-corrected chi connectivity index (χ4v) is 3.84. The predicted molar refractivity (Wildman–Crippen MR) is 104 cm³/mol. The lowest BCUT2D eigenvalue weighted by Gasteiger charge is -2.34. The van der Waals surface area contributed by atoms with Crippen molar-refractivity contribution in [2.45, 2.75) is 13.0 Å². The van der Waals surface area contributed by atoms with Gasteiger partial charge in [0.25, 0.3) is 5.91 Å². The molecule has 1 amide bonds. The zero-order valence-electron chi connectivity index (χ0n) is 15.3. The van der Waals surface area contributed by atoms with Gasteiger partial charge in [-0.2, -0.15) is 0 Å². The first-order valence-corrected chi connectivity index (χ1v) is 9.87. The van der Waals surface area contributed by atoms with Crippen LogP contribution in [0.15, 0.2) is 41.8 Å². The Morgan fingerprint density at radius 1 is 1.22 bits per heavy atom. The van der Waals surface area contributed by atoms with Crippen molar-refractivity contribution in [1.29, 1.82) is 0 Å². The van der Waals surface area contributed by atoms with E-state index in [0.29, 0.717) is 17.9 Å². The zero-order chi connectivity index (χ0) is 19.1. The lowest BCUT2D eigenvalue weighted by Crippen LogP contribution is -2.44. The molecule has 7 heteroatoms. The van der Waals surface area contributed by atoms with Crippen molar-refractivity contribution < 1.29 is 19.1 Å². The Morgan fingerprint density at radius 3 is 2.59 bits per heavy atom. The molecule has 1 N–H and O–H groups in total. The third kappa shape index (κ3) is 5.63. The highest BCUT2D eigenvalue weighted by Crippen LogP contribution is 2.25. The summed E-state index contributed by atoms with van der Waals surface area (Å²) in [6.07, 6.45) is 0. The number of carbonyl (C=O) groups is 2. The van der Waals surface area contributed by atoms with Crippen molar-refractivity contribution in [3.63, 3.8) is 0 Å². The Morgan fingerprint density at radius 2 is 1.96 bits per heavy atom. The summed E-state index contributed by atoms with van der Waals surface area (Å²) >= 11 is 1.70. The summed E-state index contributed by atoms with van der Waals surface area (Å²) in [6, 6.07) is 11.1. The van der Waals surface area contributed by atoms with Crippen LogP contribution in [0.3, 0.4) is 0 Å². The minimum atomic E-state index is -0.166. The molecule has 6 nitrogen and oxygen atoms in total. The van der Waals surface area contributed by atoms with Gasteiger partial charge in [0.15, 0.2) is 12.4 Å². The van der Waals surface area contributed by atoms with Gasteiger partial charge in [-0.1, -0.05) is 6.07 Å². The van der Waals surface area contributed by atoms with Crippen LogP contribution in [0.1, 0.15) is 28.2 Å². The Balaban J connectivity index is 1.50. The maximum Gasteiger partial charge on any atom is 0.258 e. The van der Waals surface area contributed by atoms with E-state index in [4.69, 9.17) is 9.47 Å². The number of nitrogens with one attached hydrogen (secondary N) is 1. The number of ketones is 1. The number of benzene rings is 1. The third-order valence-electron chi connectivity index (χ3n) is 4.48. The maximum absolute atomic E-state index is 12.2. The molecule has 0 spiro atoms. The number of hydrogen-bond donors (Lipinski definition) is 1. The summed E-state index contributed by atoms with van der Waals surface area (Å²) in [4.78, 5) is 27.1. The lowest BCUT2D eigenvalue weighted by molar-refractivity contribution is -0.123. The van der Waals surface area contributed by atoms with Crippen molar-refractivity contribution in [1.82, 2.24) is 10.2 Å². The van der Waals surface area contributed by atoms with E-state index >= 15 is 0 Å². The van der Waals surface area contributed by atoms with Crippen LogP contribution in [0, 0.1) is 0 Å². The van der Waals surface area contributed by atoms with E-state index in [0.717, 1.165) is 26.3 Å². The second kappa shape index (κ2) is 9.64. The molecular formula is C20H24N2O4S. The first-order chi connectivity index (χ1) is 13.1. The van der Waals surface area contributed by atoms with E-state index in [1.54, 1.807) is 35.6 Å². The van der Waals surface area contributed by atoms with Crippen molar-refractivity contribution in [3.8, 4) is 5.75 Å². The largest absolute Gasteiger partial charge is 0.484 e. The van der Waals surface area contributed by atoms with E-state index in [1.165, 1.54) is 11.8 Å². The van der Waals surface area contributed by atoms with Crippen LogP contribution in [0.25, 0.3) is 0 Å². The summed E-state index contributed by atoms with van der Waals surface area (Å²) < 4.78 is 11.0. The third-order valence-corrected chi connectivity index (χ3v) is 5.45. The molecule has 2 heterocycles. The number of nitrogens with zero attached hydrogens (tertiary/aromatic N) is 1. The maximum atomic E-state index is 12.2. The molecule has 0 bridgehead atoms. The lowest BCUT2D eigenvalue weighted by atomic mass is 10.1. The van der Waals surface area contributed by atoms with E-state index in [9.17, 15) is 9.59 Å². The van der Waals surface area contributed by atoms with E-state index in [-0.39, 0.29) is 24.3 Å². The number of thiophene rings is 1. The molecule has 1 aromatic heterocycles. The number of morpholine rings is 1. The number of ether oxygens (including phenoxy) is 2. The number of Topliss-reactive ketones (excluding diaryl/α,β-unsaturated/α-hetero) is 1. The molecule has 144 valence electrons. The fraction of sp³-hybridized carbons (Fsp3) is 0.400. The van der Waals surface area contributed by atoms with Gasteiger partial charge >= 0.3 is 0 Å². The first-order valence-electron chi connectivity index (χ1n) is 8.99. The summed E-state index contributed by atoms with van der Waals surface area (Å²) in [5, 5.41) is 5.03. The van der Waals surface area contributed by atoms with E-state index in [1.807, 2.05) is 6.07 Å². The highest BCUT2D eigenvalue weighted by atomic mass is 32.1. The van der Waals surface area contributed by atoms with Gasteiger partial charge in [-0.15, -0.1) is 11.3 Å². The Labute approximate surface area is 163 Å². The molecular weight excluding hydrogens is 364 g/mol. The van der Waals surface area contributed by atoms with Crippen LogP contribution in [0.2, 0.25) is 0 Å². The SMILES string of the molecule is CC(=O)c1ccc(OCC(=O)NCC(c2cccs2)N2CCOCC2)cc1. The van der Waals surface area contributed by atoms with Gasteiger partial charge in [0.2, 0.25) is 0 Å². The Kier molecular flexibility index (Phi) is 6.98. The first kappa shape index (κ1) is 19.5. The molecule has 3 rings (SSSR count). The molecule has 1 unspecified atom stereocenters. The number of hydrogen-bond acceptors (Lipinski definition) is 6. The van der Waals surface area contributed by atoms with Crippen molar-refractivity contribution in [3.05, 3.63) is 52.2 Å². The zero-order valence-corrected chi connectivity index (χ0v) is 16.2. The van der Waals surface area contributed by atoms with Crippen LogP contribution < -0.4 is 10.1 Å². The topological polar surface area (TPSA) is 67.9 Å². The highest BCUT2D eigenvalue weighted by Gasteiger charge is 2.23. The number of rotatable bonds is 8. The van der Waals surface area contributed by atoms with Gasteiger partial charge in [-0.3, -0.25) is 14.5 Å². The molecule has 1 aliphatic rings. The fourth-order valence-electron chi connectivity index (χ4n) is 2.98. The van der Waals surface area contributed by atoms with Crippen LogP contribution in [-0.2, 0) is 9.53 Å². The minimum Gasteiger partial charge on any atom is -0.484 e. The number of amides is 1. The average Bonchev–Trinajstić information content (AvgIpc) is 3.22. The van der Waals surface area contributed by atoms with E-state index in [2.05, 4.69) is 21.7 Å². The van der Waals surface area contributed by atoms with Crippen LogP contribution >= 0.6 is 11.3 Å². The van der Waals surface area contributed by atoms with Gasteiger partial charge in [-0.25, -0.2) is 0 Å². The molecule has 1 saturated heterocycles. The van der Waals surface area contributed by atoms with E-state index < -0.39 is 0 Å². The molecule has 2 aromatic rings. The minimum absolute atomic E-state index is 0.00187. The van der Waals surface area contributed by atoms with Crippen molar-refractivity contribution in [2.24, 2.45) is 0 Å². The van der Waals surface area contributed by atoms with Crippen LogP contribution in [-0.4, -0.2) is 56.0 Å². The monoisotopic (exact) mass is 388 g/mol. The van der Waals surface area contributed by atoms with Gasteiger partial charge < -0.3 is 14.8 Å². The highest BCUT2D eigenvalue weighted by molar-refractivity contribution is 7.10. The number of carbonyl (C=O) groups excluding carboxylic acids is 2. The van der Waals surface area contributed by atoms with Crippen LogP contribution in [0.4, 0.5) is 0 Å². The molecule has 1 aliphatic heterocycles. The molecule has 1 fully saturated rings. The molecule has 1 aromatic carbocycles. The normalized spacial score (nSPS) is 15.9. The van der Waals surface area contributed by atoms with Crippen LogP contribution in [0.5, 0.6) is 5.75 Å². The summed E-state index contributed by atoms with van der Waals surface area (Å²) in [7, 11) is 0. The average molecular weight is 388 g/mol. The second-order valence-electron chi connectivity index (χ2n) is 6.35. The summed E-state index contributed by atoms with van der Waals surface area (Å²) in [6.45, 7) is 5.15. The van der Waals surface area contributed by atoms with Crippen molar-refractivity contribution >= 4 is 23.0 Å². The molecule has 1 atom stereocenters. The quantitative estimate of drug-likeness (QED) is 0.704. The second-order valence-corrected chi connectivity index (χ2v) is 7.33. The standard InChI is InChI=1S/C20H24N2O4S/c1-15(23)16-4-6-17(7-5-16)26-14-20(24)21-13-18(19-3-2-12-27-19)22-8-10-25-11-9-22/h2-7,12,18H,8-11,13-14H2,1H3,(H,21,24).